The first-order chi connectivity index (χ1) is 11.2. The maximum Gasteiger partial charge on any atom is 0.220 e. The van der Waals surface area contributed by atoms with E-state index in [0.717, 1.165) is 51.6 Å². The number of aliphatic hydroxyl groups is 1. The quantitative estimate of drug-likeness (QED) is 0.869. The molecule has 128 valence electrons. The van der Waals surface area contributed by atoms with Crippen molar-refractivity contribution in [3.8, 4) is 0 Å². The maximum absolute atomic E-state index is 12.1. The molecule has 1 aromatic rings. The Hall–Kier alpha value is -0.910. The number of rotatable bonds is 5. The number of hydrogen-bond acceptors (Lipinski definition) is 4. The van der Waals surface area contributed by atoms with E-state index in [2.05, 4.69) is 21.7 Å². The molecular weight excluding hydrogens is 308 g/mol. The Bertz CT molecular complexity index is 483. The van der Waals surface area contributed by atoms with Gasteiger partial charge < -0.3 is 10.4 Å². The van der Waals surface area contributed by atoms with Crippen molar-refractivity contribution >= 4 is 17.2 Å². The first-order valence-electron chi connectivity index (χ1n) is 8.96. The van der Waals surface area contributed by atoms with E-state index in [9.17, 15) is 9.90 Å². The summed E-state index contributed by atoms with van der Waals surface area (Å²) in [6.45, 7) is 2.00. The maximum atomic E-state index is 12.1. The summed E-state index contributed by atoms with van der Waals surface area (Å²) in [6, 6.07) is 4.78. The van der Waals surface area contributed by atoms with Crippen LogP contribution in [-0.2, 0) is 11.2 Å². The number of piperidine rings is 1. The van der Waals surface area contributed by atoms with Crippen LogP contribution in [-0.4, -0.2) is 47.2 Å². The molecular formula is C18H28N2O2S. The molecule has 1 aliphatic heterocycles. The van der Waals surface area contributed by atoms with Gasteiger partial charge in [-0.25, -0.2) is 0 Å². The third kappa shape index (κ3) is 4.78. The summed E-state index contributed by atoms with van der Waals surface area (Å²) in [6.07, 6.45) is 7.76. The van der Waals surface area contributed by atoms with Gasteiger partial charge in [-0.1, -0.05) is 18.9 Å². The molecule has 2 unspecified atom stereocenters. The number of likely N-dealkylation sites (tertiary alicyclic amines) is 1. The summed E-state index contributed by atoms with van der Waals surface area (Å²) in [5, 5.41) is 15.4. The number of aliphatic hydroxyl groups excluding tert-OH is 1. The molecule has 2 atom stereocenters. The number of carbonyl (C=O) groups is 1. The lowest BCUT2D eigenvalue weighted by Crippen LogP contribution is -2.52. The molecule has 0 radical (unpaired) electrons. The van der Waals surface area contributed by atoms with Gasteiger partial charge in [0.25, 0.3) is 0 Å². The third-order valence-corrected chi connectivity index (χ3v) is 6.17. The SMILES string of the molecule is O=C(CCc1cccs1)NC1CCN(C2CCCCC2O)CC1. The van der Waals surface area contributed by atoms with E-state index in [1.807, 2.05) is 6.07 Å². The van der Waals surface area contributed by atoms with Crippen molar-refractivity contribution in [2.24, 2.45) is 0 Å². The molecule has 2 fully saturated rings. The lowest BCUT2D eigenvalue weighted by Gasteiger charge is -2.41. The van der Waals surface area contributed by atoms with E-state index in [0.29, 0.717) is 18.5 Å². The Balaban J connectivity index is 1.37. The monoisotopic (exact) mass is 336 g/mol. The van der Waals surface area contributed by atoms with Crippen molar-refractivity contribution in [1.82, 2.24) is 10.2 Å². The highest BCUT2D eigenvalue weighted by atomic mass is 32.1. The summed E-state index contributed by atoms with van der Waals surface area (Å²) in [5.74, 6) is 0.176. The number of aryl methyl sites for hydroxylation is 1. The molecule has 4 nitrogen and oxygen atoms in total. The highest BCUT2D eigenvalue weighted by Gasteiger charge is 2.31. The van der Waals surface area contributed by atoms with Gasteiger partial charge in [-0.05, 0) is 43.6 Å². The van der Waals surface area contributed by atoms with E-state index in [4.69, 9.17) is 0 Å². The van der Waals surface area contributed by atoms with Crippen molar-refractivity contribution in [2.75, 3.05) is 13.1 Å². The van der Waals surface area contributed by atoms with Crippen molar-refractivity contribution < 1.29 is 9.90 Å². The lowest BCUT2D eigenvalue weighted by molar-refractivity contribution is -0.122. The summed E-state index contributed by atoms with van der Waals surface area (Å²) >= 11 is 1.72. The highest BCUT2D eigenvalue weighted by molar-refractivity contribution is 7.09. The summed E-state index contributed by atoms with van der Waals surface area (Å²) < 4.78 is 0. The Kier molecular flexibility index (Phi) is 6.08. The van der Waals surface area contributed by atoms with Crippen LogP contribution in [0.25, 0.3) is 0 Å². The lowest BCUT2D eigenvalue weighted by atomic mass is 9.89. The molecule has 1 aliphatic carbocycles. The topological polar surface area (TPSA) is 52.6 Å². The van der Waals surface area contributed by atoms with E-state index < -0.39 is 0 Å². The molecule has 2 heterocycles. The molecule has 5 heteroatoms. The van der Waals surface area contributed by atoms with Crippen molar-refractivity contribution in [3.63, 3.8) is 0 Å². The summed E-state index contributed by atoms with van der Waals surface area (Å²) in [4.78, 5) is 15.8. The molecule has 1 saturated heterocycles. The number of hydrogen-bond donors (Lipinski definition) is 2. The van der Waals surface area contributed by atoms with Crippen LogP contribution >= 0.6 is 11.3 Å². The number of nitrogens with zero attached hydrogens (tertiary/aromatic N) is 1. The predicted octanol–water partition coefficient (Wildman–Crippen LogP) is 2.56. The molecule has 2 aliphatic rings. The van der Waals surface area contributed by atoms with Crippen LogP contribution < -0.4 is 5.32 Å². The van der Waals surface area contributed by atoms with Gasteiger partial charge in [0.1, 0.15) is 0 Å². The average Bonchev–Trinajstić information content (AvgIpc) is 3.08. The van der Waals surface area contributed by atoms with Crippen molar-refractivity contribution in [3.05, 3.63) is 22.4 Å². The zero-order valence-corrected chi connectivity index (χ0v) is 14.6. The molecule has 0 aromatic carbocycles. The smallest absolute Gasteiger partial charge is 0.220 e. The molecule has 1 aromatic heterocycles. The van der Waals surface area contributed by atoms with Crippen LogP contribution in [0, 0.1) is 0 Å². The molecule has 0 spiro atoms. The second kappa shape index (κ2) is 8.27. The van der Waals surface area contributed by atoms with Crippen LogP contribution in [0.4, 0.5) is 0 Å². The number of amides is 1. The van der Waals surface area contributed by atoms with E-state index in [1.165, 1.54) is 11.3 Å². The van der Waals surface area contributed by atoms with Gasteiger partial charge in [0.15, 0.2) is 0 Å². The van der Waals surface area contributed by atoms with Gasteiger partial charge in [0.2, 0.25) is 5.91 Å². The first-order valence-corrected chi connectivity index (χ1v) is 9.84. The predicted molar refractivity (Wildman–Crippen MR) is 93.6 cm³/mol. The molecule has 0 bridgehead atoms. The fraction of sp³-hybridized carbons (Fsp3) is 0.722. The Labute approximate surface area is 142 Å². The zero-order valence-electron chi connectivity index (χ0n) is 13.7. The fourth-order valence-electron chi connectivity index (χ4n) is 3.88. The summed E-state index contributed by atoms with van der Waals surface area (Å²) in [5.41, 5.74) is 0. The summed E-state index contributed by atoms with van der Waals surface area (Å²) in [7, 11) is 0. The molecule has 1 amide bonds. The Morgan fingerprint density at radius 2 is 2.04 bits per heavy atom. The molecule has 23 heavy (non-hydrogen) atoms. The number of carbonyl (C=O) groups excluding carboxylic acids is 1. The van der Waals surface area contributed by atoms with Crippen LogP contribution in [0.2, 0.25) is 0 Å². The minimum atomic E-state index is -0.152. The van der Waals surface area contributed by atoms with Gasteiger partial charge in [0, 0.05) is 36.5 Å². The second-order valence-electron chi connectivity index (χ2n) is 6.88. The van der Waals surface area contributed by atoms with Crippen molar-refractivity contribution in [1.29, 1.82) is 0 Å². The Morgan fingerprint density at radius 1 is 1.26 bits per heavy atom. The van der Waals surface area contributed by atoms with E-state index >= 15 is 0 Å². The molecule has 1 saturated carbocycles. The standard InChI is InChI=1S/C18H28N2O2S/c21-17-6-2-1-5-16(17)20-11-9-14(10-12-20)19-18(22)8-7-15-4-3-13-23-15/h3-4,13-14,16-17,21H,1-2,5-12H2,(H,19,22). The Morgan fingerprint density at radius 3 is 2.74 bits per heavy atom. The largest absolute Gasteiger partial charge is 0.391 e. The average molecular weight is 337 g/mol. The van der Waals surface area contributed by atoms with Crippen LogP contribution in [0.1, 0.15) is 49.8 Å². The van der Waals surface area contributed by atoms with Gasteiger partial charge in [-0.15, -0.1) is 11.3 Å². The van der Waals surface area contributed by atoms with Gasteiger partial charge in [-0.3, -0.25) is 9.69 Å². The second-order valence-corrected chi connectivity index (χ2v) is 7.91. The van der Waals surface area contributed by atoms with Crippen LogP contribution in [0.5, 0.6) is 0 Å². The molecule has 3 rings (SSSR count). The number of thiophene rings is 1. The van der Waals surface area contributed by atoms with E-state index in [1.54, 1.807) is 11.3 Å². The van der Waals surface area contributed by atoms with Gasteiger partial charge >= 0.3 is 0 Å². The third-order valence-electron chi connectivity index (χ3n) is 5.24. The fourth-order valence-corrected chi connectivity index (χ4v) is 4.59. The normalized spacial score (nSPS) is 27.0. The minimum Gasteiger partial charge on any atom is -0.391 e. The minimum absolute atomic E-state index is 0.152. The van der Waals surface area contributed by atoms with E-state index in [-0.39, 0.29) is 12.0 Å². The highest BCUT2D eigenvalue weighted by Crippen LogP contribution is 2.25. The molecule has 2 N–H and O–H groups in total. The van der Waals surface area contributed by atoms with Crippen LogP contribution in [0.15, 0.2) is 17.5 Å². The number of nitrogens with one attached hydrogen (secondary N) is 1. The first kappa shape index (κ1) is 16.9. The van der Waals surface area contributed by atoms with Crippen molar-refractivity contribution in [2.45, 2.75) is 69.6 Å². The van der Waals surface area contributed by atoms with Gasteiger partial charge in [0.05, 0.1) is 6.10 Å². The van der Waals surface area contributed by atoms with Gasteiger partial charge in [-0.2, -0.15) is 0 Å². The van der Waals surface area contributed by atoms with Crippen LogP contribution in [0.3, 0.4) is 0 Å². The zero-order chi connectivity index (χ0) is 16.1.